The van der Waals surface area contributed by atoms with Crippen LogP contribution in [0.5, 0.6) is 0 Å². The molecule has 0 saturated carbocycles. The van der Waals surface area contributed by atoms with Crippen LogP contribution in [0.4, 0.5) is 5.69 Å². The van der Waals surface area contributed by atoms with Gasteiger partial charge in [0.2, 0.25) is 5.91 Å². The van der Waals surface area contributed by atoms with Crippen molar-refractivity contribution in [2.75, 3.05) is 24.8 Å². The molecule has 176 valence electrons. The molecule has 2 heterocycles. The number of nitrogens with one attached hydrogen (secondary N) is 1. The van der Waals surface area contributed by atoms with E-state index >= 15 is 0 Å². The Morgan fingerprint density at radius 3 is 2.88 bits per heavy atom. The highest BCUT2D eigenvalue weighted by molar-refractivity contribution is 7.99. The number of fused-ring (bicyclic) bond motifs is 3. The van der Waals surface area contributed by atoms with E-state index in [4.69, 9.17) is 9.72 Å². The number of aromatic nitrogens is 2. The molecule has 1 atom stereocenters. The van der Waals surface area contributed by atoms with Crippen molar-refractivity contribution in [3.63, 3.8) is 0 Å². The smallest absolute Gasteiger partial charge is 0.263 e. The number of amides is 1. The number of thioether (sulfide) groups is 1. The first-order chi connectivity index (χ1) is 16.0. The van der Waals surface area contributed by atoms with Gasteiger partial charge in [0.15, 0.2) is 5.16 Å². The van der Waals surface area contributed by atoms with Crippen molar-refractivity contribution in [2.45, 2.75) is 63.6 Å². The van der Waals surface area contributed by atoms with Gasteiger partial charge in [-0.1, -0.05) is 43.8 Å². The quantitative estimate of drug-likeness (QED) is 0.332. The molecule has 1 unspecified atom stereocenters. The maximum atomic E-state index is 13.4. The maximum absolute atomic E-state index is 13.4. The Morgan fingerprint density at radius 1 is 1.30 bits per heavy atom. The van der Waals surface area contributed by atoms with Crippen LogP contribution in [0.25, 0.3) is 10.2 Å². The van der Waals surface area contributed by atoms with Gasteiger partial charge in [-0.15, -0.1) is 11.3 Å². The Bertz CT molecular complexity index is 1200. The van der Waals surface area contributed by atoms with Crippen molar-refractivity contribution in [1.82, 2.24) is 9.55 Å². The van der Waals surface area contributed by atoms with Crippen LogP contribution in [0.3, 0.4) is 0 Å². The van der Waals surface area contributed by atoms with Crippen molar-refractivity contribution in [2.24, 2.45) is 0 Å². The Labute approximate surface area is 202 Å². The average Bonchev–Trinajstić information content (AvgIpc) is 3.20. The molecular formula is C25H31N3O3S2. The summed E-state index contributed by atoms with van der Waals surface area (Å²) in [6.45, 7) is 5.14. The molecule has 1 aliphatic rings. The second-order valence-corrected chi connectivity index (χ2v) is 10.5. The Kier molecular flexibility index (Phi) is 7.88. The minimum atomic E-state index is -0.103. The Morgan fingerprint density at radius 2 is 2.09 bits per heavy atom. The van der Waals surface area contributed by atoms with E-state index in [1.807, 2.05) is 18.2 Å². The first-order valence-electron chi connectivity index (χ1n) is 11.6. The number of nitrogens with zero attached hydrogens (tertiary/aromatic N) is 2. The number of aryl methyl sites for hydroxylation is 2. The normalized spacial score (nSPS) is 14.3. The lowest BCUT2D eigenvalue weighted by molar-refractivity contribution is -0.113. The molecule has 0 bridgehead atoms. The van der Waals surface area contributed by atoms with Crippen LogP contribution < -0.4 is 10.9 Å². The molecule has 1 amide bonds. The highest BCUT2D eigenvalue weighted by Gasteiger charge is 2.22. The van der Waals surface area contributed by atoms with Gasteiger partial charge < -0.3 is 10.1 Å². The molecule has 33 heavy (non-hydrogen) atoms. The summed E-state index contributed by atoms with van der Waals surface area (Å²) in [4.78, 5) is 33.2. The summed E-state index contributed by atoms with van der Waals surface area (Å²) >= 11 is 2.95. The third-order valence-corrected chi connectivity index (χ3v) is 8.43. The van der Waals surface area contributed by atoms with Gasteiger partial charge in [0, 0.05) is 17.7 Å². The molecule has 0 aliphatic heterocycles. The molecule has 8 heteroatoms. The molecular weight excluding hydrogens is 454 g/mol. The topological polar surface area (TPSA) is 73.2 Å². The first kappa shape index (κ1) is 24.0. The highest BCUT2D eigenvalue weighted by atomic mass is 32.2. The molecule has 0 radical (unpaired) electrons. The SMILES string of the molecule is CCC(C)c1ccccc1NC(=O)CSc1nc2sc3c(c2c(=O)n1CCOC)CCCC3. The number of hydrogen-bond acceptors (Lipinski definition) is 6. The van der Waals surface area contributed by atoms with Gasteiger partial charge in [-0.05, 0) is 55.2 Å². The molecule has 0 saturated heterocycles. The predicted molar refractivity (Wildman–Crippen MR) is 137 cm³/mol. The molecule has 0 spiro atoms. The van der Waals surface area contributed by atoms with E-state index in [2.05, 4.69) is 25.2 Å². The molecule has 0 fully saturated rings. The van der Waals surface area contributed by atoms with Crippen molar-refractivity contribution in [1.29, 1.82) is 0 Å². The summed E-state index contributed by atoms with van der Waals surface area (Å²) in [7, 11) is 1.62. The molecule has 1 aliphatic carbocycles. The van der Waals surface area contributed by atoms with Crippen LogP contribution in [0.2, 0.25) is 0 Å². The van der Waals surface area contributed by atoms with Crippen LogP contribution >= 0.6 is 23.1 Å². The summed E-state index contributed by atoms with van der Waals surface area (Å²) in [5, 5.41) is 4.40. The first-order valence-corrected chi connectivity index (χ1v) is 13.4. The summed E-state index contributed by atoms with van der Waals surface area (Å²) in [5.41, 5.74) is 3.16. The fourth-order valence-corrected chi connectivity index (χ4v) is 6.41. The largest absolute Gasteiger partial charge is 0.383 e. The zero-order valence-corrected chi connectivity index (χ0v) is 21.1. The zero-order chi connectivity index (χ0) is 23.4. The summed E-state index contributed by atoms with van der Waals surface area (Å²) in [5.74, 6) is 0.446. The Hall–Kier alpha value is -2.16. The number of rotatable bonds is 9. The van der Waals surface area contributed by atoms with Crippen molar-refractivity contribution < 1.29 is 9.53 Å². The van der Waals surface area contributed by atoms with E-state index in [0.29, 0.717) is 24.2 Å². The monoisotopic (exact) mass is 485 g/mol. The van der Waals surface area contributed by atoms with E-state index in [1.54, 1.807) is 23.0 Å². The summed E-state index contributed by atoms with van der Waals surface area (Å²) in [6.07, 6.45) is 5.25. The molecule has 4 rings (SSSR count). The van der Waals surface area contributed by atoms with Crippen molar-refractivity contribution in [3.05, 3.63) is 50.6 Å². The molecule has 1 N–H and O–H groups in total. The van der Waals surface area contributed by atoms with E-state index in [9.17, 15) is 9.59 Å². The second kappa shape index (κ2) is 10.8. The van der Waals surface area contributed by atoms with Gasteiger partial charge >= 0.3 is 0 Å². The number of anilines is 1. The van der Waals surface area contributed by atoms with Gasteiger partial charge in [-0.25, -0.2) is 4.98 Å². The third kappa shape index (κ3) is 5.18. The van der Waals surface area contributed by atoms with Crippen molar-refractivity contribution in [3.8, 4) is 0 Å². The van der Waals surface area contributed by atoms with Crippen LogP contribution in [0.1, 0.15) is 55.0 Å². The molecule has 3 aromatic rings. The number of methoxy groups -OCH3 is 1. The fraction of sp³-hybridized carbons (Fsp3) is 0.480. The van der Waals surface area contributed by atoms with E-state index in [-0.39, 0.29) is 17.2 Å². The van der Waals surface area contributed by atoms with E-state index in [1.165, 1.54) is 22.2 Å². The predicted octanol–water partition coefficient (Wildman–Crippen LogP) is 5.23. The molecule has 1 aromatic carbocycles. The van der Waals surface area contributed by atoms with Gasteiger partial charge in [0.1, 0.15) is 4.83 Å². The number of ether oxygens (including phenoxy) is 1. The fourth-order valence-electron chi connectivity index (χ4n) is 4.29. The number of carbonyl (C=O) groups is 1. The highest BCUT2D eigenvalue weighted by Crippen LogP contribution is 2.35. The number of carbonyl (C=O) groups excluding carboxylic acids is 1. The maximum Gasteiger partial charge on any atom is 0.263 e. The van der Waals surface area contributed by atoms with Gasteiger partial charge in [-0.3, -0.25) is 14.2 Å². The van der Waals surface area contributed by atoms with Gasteiger partial charge in [0.05, 0.1) is 24.3 Å². The van der Waals surface area contributed by atoms with Crippen LogP contribution in [-0.2, 0) is 28.9 Å². The number of para-hydroxylation sites is 1. The third-order valence-electron chi connectivity index (χ3n) is 6.27. The zero-order valence-electron chi connectivity index (χ0n) is 19.5. The van der Waals surface area contributed by atoms with Crippen LogP contribution in [0, 0.1) is 0 Å². The van der Waals surface area contributed by atoms with E-state index in [0.717, 1.165) is 53.6 Å². The number of hydrogen-bond donors (Lipinski definition) is 1. The van der Waals surface area contributed by atoms with Gasteiger partial charge in [-0.2, -0.15) is 0 Å². The summed E-state index contributed by atoms with van der Waals surface area (Å²) in [6, 6.07) is 7.94. The van der Waals surface area contributed by atoms with Crippen molar-refractivity contribution >= 4 is 44.9 Å². The average molecular weight is 486 g/mol. The lowest BCUT2D eigenvalue weighted by Gasteiger charge is -2.16. The van der Waals surface area contributed by atoms with Gasteiger partial charge in [0.25, 0.3) is 5.56 Å². The lowest BCUT2D eigenvalue weighted by atomic mass is 9.97. The Balaban J connectivity index is 1.58. The molecule has 6 nitrogen and oxygen atoms in total. The van der Waals surface area contributed by atoms with E-state index < -0.39 is 0 Å². The number of thiophene rings is 1. The van der Waals surface area contributed by atoms with Crippen LogP contribution in [-0.4, -0.2) is 34.9 Å². The summed E-state index contributed by atoms with van der Waals surface area (Å²) < 4.78 is 6.92. The molecule has 2 aromatic heterocycles. The second-order valence-electron chi connectivity index (χ2n) is 8.47. The number of benzene rings is 1. The minimum absolute atomic E-state index is 0.0125. The lowest BCUT2D eigenvalue weighted by Crippen LogP contribution is -2.26. The standard InChI is InChI=1S/C25H31N3O3S2/c1-4-16(2)17-9-5-7-11-19(17)26-21(29)15-32-25-27-23-22(24(30)28(25)13-14-31-3)18-10-6-8-12-20(18)33-23/h5,7,9,11,16H,4,6,8,10,12-15H2,1-3H3,(H,26,29). The van der Waals surface area contributed by atoms with Crippen LogP contribution in [0.15, 0.2) is 34.2 Å². The minimum Gasteiger partial charge on any atom is -0.383 e.